The van der Waals surface area contributed by atoms with Gasteiger partial charge in [-0.2, -0.15) is 8.75 Å². The summed E-state index contributed by atoms with van der Waals surface area (Å²) in [6, 6.07) is 5.25. The van der Waals surface area contributed by atoms with Crippen molar-refractivity contribution in [3.63, 3.8) is 0 Å². The third-order valence-electron chi connectivity index (χ3n) is 3.35. The van der Waals surface area contributed by atoms with Crippen LogP contribution in [0.25, 0.3) is 11.0 Å². The number of aliphatic hydroxyl groups is 1. The Kier molecular flexibility index (Phi) is 5.97. The van der Waals surface area contributed by atoms with Crippen LogP contribution < -0.4 is 5.32 Å². The van der Waals surface area contributed by atoms with E-state index in [1.807, 2.05) is 0 Å². The van der Waals surface area contributed by atoms with Crippen LogP contribution in [0.15, 0.2) is 18.2 Å². The number of aliphatic carboxylic acids is 1. The second-order valence-corrected chi connectivity index (χ2v) is 5.74. The molecule has 0 fully saturated rings. The lowest BCUT2D eigenvalue weighted by Crippen LogP contribution is -2.34. The van der Waals surface area contributed by atoms with Crippen LogP contribution in [0.2, 0.25) is 0 Å². The molecule has 1 aromatic heterocycles. The Morgan fingerprint density at radius 1 is 1.39 bits per heavy atom. The van der Waals surface area contributed by atoms with Crippen LogP contribution in [0, 0.1) is 5.92 Å². The quantitative estimate of drug-likeness (QED) is 0.647. The summed E-state index contributed by atoms with van der Waals surface area (Å²) in [5.41, 5.74) is 1.80. The lowest BCUT2D eigenvalue weighted by molar-refractivity contribution is -0.144. The molecule has 0 aliphatic carbocycles. The highest BCUT2D eigenvalue weighted by Gasteiger charge is 2.23. The van der Waals surface area contributed by atoms with Crippen LogP contribution in [0.1, 0.15) is 6.42 Å². The van der Waals surface area contributed by atoms with Gasteiger partial charge in [0.15, 0.2) is 0 Å². The van der Waals surface area contributed by atoms with Gasteiger partial charge in [-0.05, 0) is 19.2 Å². The Labute approximate surface area is 137 Å². The molecule has 0 aliphatic rings. The van der Waals surface area contributed by atoms with Crippen LogP contribution in [-0.2, 0) is 9.59 Å². The summed E-state index contributed by atoms with van der Waals surface area (Å²) in [7, 11) is 1.70. The molecule has 0 bridgehead atoms. The standard InChI is InChI=1S/C14H18N4O4S/c1-18(5-6-19)8-9(14(21)22)7-12(20)15-10-3-2-4-11-13(10)17-23-16-11/h2-4,9,19H,5-8H2,1H3,(H,15,20)(H,21,22)/t9-/m0/s1. The molecule has 0 unspecified atom stereocenters. The number of aliphatic hydroxyl groups excluding tert-OH is 1. The summed E-state index contributed by atoms with van der Waals surface area (Å²) in [5, 5.41) is 20.8. The average Bonchev–Trinajstić information content (AvgIpc) is 2.96. The number of hydrogen-bond acceptors (Lipinski definition) is 7. The number of fused-ring (bicyclic) bond motifs is 1. The van der Waals surface area contributed by atoms with E-state index in [2.05, 4.69) is 14.1 Å². The molecule has 0 radical (unpaired) electrons. The fourth-order valence-electron chi connectivity index (χ4n) is 2.20. The van der Waals surface area contributed by atoms with Crippen molar-refractivity contribution < 1.29 is 19.8 Å². The third kappa shape index (κ3) is 4.68. The molecule has 0 saturated carbocycles. The van der Waals surface area contributed by atoms with Crippen LogP contribution in [0.3, 0.4) is 0 Å². The monoisotopic (exact) mass is 338 g/mol. The Balaban J connectivity index is 2.01. The van der Waals surface area contributed by atoms with Gasteiger partial charge in [-0.3, -0.25) is 9.59 Å². The van der Waals surface area contributed by atoms with Crippen molar-refractivity contribution in [3.8, 4) is 0 Å². The Bertz CT molecular complexity index is 690. The first-order valence-corrected chi connectivity index (χ1v) is 7.77. The molecule has 8 nitrogen and oxygen atoms in total. The molecule has 0 spiro atoms. The molecule has 1 amide bonds. The molecule has 23 heavy (non-hydrogen) atoms. The summed E-state index contributed by atoms with van der Waals surface area (Å²) >= 11 is 1.05. The molecule has 1 aromatic carbocycles. The predicted molar refractivity (Wildman–Crippen MR) is 86.4 cm³/mol. The molecule has 9 heteroatoms. The highest BCUT2D eigenvalue weighted by molar-refractivity contribution is 7.00. The first-order chi connectivity index (χ1) is 11.0. The van der Waals surface area contributed by atoms with E-state index in [-0.39, 0.29) is 19.6 Å². The van der Waals surface area contributed by atoms with Crippen molar-refractivity contribution >= 4 is 40.3 Å². The first kappa shape index (κ1) is 17.3. The number of nitrogens with zero attached hydrogens (tertiary/aromatic N) is 3. The second-order valence-electron chi connectivity index (χ2n) is 5.21. The minimum absolute atomic E-state index is 0.0616. The number of benzene rings is 1. The number of nitrogens with one attached hydrogen (secondary N) is 1. The highest BCUT2D eigenvalue weighted by atomic mass is 32.1. The molecule has 124 valence electrons. The molecule has 2 aromatic rings. The number of carbonyl (C=O) groups excluding carboxylic acids is 1. The van der Waals surface area contributed by atoms with E-state index < -0.39 is 17.8 Å². The molecule has 3 N–H and O–H groups in total. The van der Waals surface area contributed by atoms with Gasteiger partial charge in [0.1, 0.15) is 11.0 Å². The number of amides is 1. The van der Waals surface area contributed by atoms with Gasteiger partial charge >= 0.3 is 5.97 Å². The van der Waals surface area contributed by atoms with Crippen LogP contribution in [0.4, 0.5) is 5.69 Å². The van der Waals surface area contributed by atoms with Gasteiger partial charge in [0.05, 0.1) is 29.9 Å². The number of carboxylic acids is 1. The number of anilines is 1. The number of carbonyl (C=O) groups is 2. The SMILES string of the molecule is CN(CCO)C[C@H](CC(=O)Nc1cccc2nsnc12)C(=O)O. The van der Waals surface area contributed by atoms with E-state index in [4.69, 9.17) is 5.11 Å². The van der Waals surface area contributed by atoms with Gasteiger partial charge in [0.2, 0.25) is 5.91 Å². The van der Waals surface area contributed by atoms with Gasteiger partial charge in [-0.1, -0.05) is 6.07 Å². The number of aromatic nitrogens is 2. The van der Waals surface area contributed by atoms with Gasteiger partial charge in [-0.25, -0.2) is 0 Å². The largest absolute Gasteiger partial charge is 0.481 e. The molecular formula is C14H18N4O4S. The zero-order valence-corrected chi connectivity index (χ0v) is 13.4. The molecule has 0 saturated heterocycles. The lowest BCUT2D eigenvalue weighted by atomic mass is 10.0. The molecule has 0 aliphatic heterocycles. The normalized spacial score (nSPS) is 12.5. The maximum absolute atomic E-state index is 12.1. The maximum Gasteiger partial charge on any atom is 0.308 e. The number of hydrogen-bond donors (Lipinski definition) is 3. The second kappa shape index (κ2) is 7.95. The zero-order valence-electron chi connectivity index (χ0n) is 12.6. The van der Waals surface area contributed by atoms with E-state index in [0.717, 1.165) is 11.7 Å². The zero-order chi connectivity index (χ0) is 16.8. The van der Waals surface area contributed by atoms with Crippen LogP contribution in [-0.4, -0.2) is 62.5 Å². The Morgan fingerprint density at radius 2 is 2.17 bits per heavy atom. The minimum Gasteiger partial charge on any atom is -0.481 e. The number of rotatable bonds is 8. The first-order valence-electron chi connectivity index (χ1n) is 7.04. The predicted octanol–water partition coefficient (Wildman–Crippen LogP) is 0.645. The van der Waals surface area contributed by atoms with Gasteiger partial charge in [0.25, 0.3) is 0 Å². The smallest absolute Gasteiger partial charge is 0.308 e. The summed E-state index contributed by atoms with van der Waals surface area (Å²) in [5.74, 6) is -2.28. The molecule has 1 heterocycles. The van der Waals surface area contributed by atoms with Crippen molar-refractivity contribution in [3.05, 3.63) is 18.2 Å². The van der Waals surface area contributed by atoms with E-state index in [1.165, 1.54) is 0 Å². The lowest BCUT2D eigenvalue weighted by Gasteiger charge is -2.20. The molecule has 2 rings (SSSR count). The van der Waals surface area contributed by atoms with Crippen molar-refractivity contribution in [2.24, 2.45) is 5.92 Å². The Morgan fingerprint density at radius 3 is 2.87 bits per heavy atom. The average molecular weight is 338 g/mol. The molecular weight excluding hydrogens is 320 g/mol. The summed E-state index contributed by atoms with van der Waals surface area (Å²) in [6.45, 7) is 0.481. The van der Waals surface area contributed by atoms with Crippen LogP contribution >= 0.6 is 11.7 Å². The van der Waals surface area contributed by atoms with Crippen molar-refractivity contribution in [1.29, 1.82) is 0 Å². The van der Waals surface area contributed by atoms with Crippen molar-refractivity contribution in [2.45, 2.75) is 6.42 Å². The van der Waals surface area contributed by atoms with E-state index in [9.17, 15) is 14.7 Å². The van der Waals surface area contributed by atoms with Crippen molar-refractivity contribution in [2.75, 3.05) is 32.1 Å². The molecule has 1 atom stereocenters. The van der Waals surface area contributed by atoms with E-state index >= 15 is 0 Å². The van der Waals surface area contributed by atoms with E-state index in [0.29, 0.717) is 23.3 Å². The summed E-state index contributed by atoms with van der Waals surface area (Å²) in [4.78, 5) is 25.1. The Hall–Kier alpha value is -2.10. The number of carboxylic acid groups (broad SMARTS) is 1. The maximum atomic E-state index is 12.1. The van der Waals surface area contributed by atoms with Gasteiger partial charge < -0.3 is 20.4 Å². The minimum atomic E-state index is -1.04. The van der Waals surface area contributed by atoms with E-state index in [1.54, 1.807) is 30.1 Å². The highest BCUT2D eigenvalue weighted by Crippen LogP contribution is 2.21. The summed E-state index contributed by atoms with van der Waals surface area (Å²) in [6.07, 6.45) is -0.154. The summed E-state index contributed by atoms with van der Waals surface area (Å²) < 4.78 is 8.21. The third-order valence-corrected chi connectivity index (χ3v) is 3.90. The van der Waals surface area contributed by atoms with Crippen LogP contribution in [0.5, 0.6) is 0 Å². The fraction of sp³-hybridized carbons (Fsp3) is 0.429. The topological polar surface area (TPSA) is 116 Å². The van der Waals surface area contributed by atoms with Gasteiger partial charge in [-0.15, -0.1) is 0 Å². The van der Waals surface area contributed by atoms with Gasteiger partial charge in [0, 0.05) is 19.5 Å². The van der Waals surface area contributed by atoms with Crippen molar-refractivity contribution in [1.82, 2.24) is 13.6 Å². The number of likely N-dealkylation sites (N-methyl/N-ethyl adjacent to an activating group) is 1. The fourth-order valence-corrected chi connectivity index (χ4v) is 2.75.